The van der Waals surface area contributed by atoms with E-state index in [-0.39, 0.29) is 12.6 Å². The zero-order chi connectivity index (χ0) is 22.7. The van der Waals surface area contributed by atoms with E-state index >= 15 is 0 Å². The number of aliphatic hydroxyl groups is 1. The average Bonchev–Trinajstić information content (AvgIpc) is 2.83. The van der Waals surface area contributed by atoms with Crippen LogP contribution >= 0.6 is 11.6 Å². The summed E-state index contributed by atoms with van der Waals surface area (Å²) in [4.78, 5) is 5.25. The molecule has 1 aliphatic carbocycles. The second kappa shape index (κ2) is 10.1. The Morgan fingerprint density at radius 2 is 1.69 bits per heavy atom. The van der Waals surface area contributed by atoms with Gasteiger partial charge in [-0.05, 0) is 85.0 Å². The Labute approximate surface area is 196 Å². The Morgan fingerprint density at radius 1 is 0.969 bits per heavy atom. The second-order valence-electron chi connectivity index (χ2n) is 8.59. The Kier molecular flexibility index (Phi) is 7.17. The van der Waals surface area contributed by atoms with Crippen LogP contribution in [0.3, 0.4) is 0 Å². The van der Waals surface area contributed by atoms with Crippen LogP contribution < -0.4 is 5.32 Å². The van der Waals surface area contributed by atoms with Crippen molar-refractivity contribution in [1.82, 2.24) is 4.98 Å². The van der Waals surface area contributed by atoms with Crippen LogP contribution in [0.25, 0.3) is 11.3 Å². The molecule has 3 aromatic rings. The van der Waals surface area contributed by atoms with Crippen molar-refractivity contribution in [3.8, 4) is 11.3 Å². The van der Waals surface area contributed by atoms with Gasteiger partial charge in [0.05, 0.1) is 18.3 Å². The lowest BCUT2D eigenvalue weighted by atomic mass is 9.85. The SMILES string of the molecule is CCc1cccc(CC)c1-c1cc(CC)c2c(n1)CCCC2Nc1ccc(Cl)cc1CO. The minimum absolute atomic E-state index is 0.0338. The molecule has 4 rings (SSSR count). The molecule has 1 aromatic heterocycles. The quantitative estimate of drug-likeness (QED) is 0.406. The Hall–Kier alpha value is -2.36. The molecule has 0 fully saturated rings. The molecule has 2 aromatic carbocycles. The van der Waals surface area contributed by atoms with Crippen LogP contribution in [0, 0.1) is 0 Å². The summed E-state index contributed by atoms with van der Waals surface area (Å²) in [7, 11) is 0. The molecule has 2 N–H and O–H groups in total. The zero-order valence-electron chi connectivity index (χ0n) is 19.3. The van der Waals surface area contributed by atoms with E-state index in [0.29, 0.717) is 5.02 Å². The molecular weight excluding hydrogens is 416 g/mol. The van der Waals surface area contributed by atoms with E-state index in [1.54, 1.807) is 0 Å². The number of rotatable bonds is 7. The Morgan fingerprint density at radius 3 is 2.34 bits per heavy atom. The number of aromatic nitrogens is 1. The molecule has 1 aliphatic rings. The molecule has 32 heavy (non-hydrogen) atoms. The number of nitrogens with one attached hydrogen (secondary N) is 1. The highest BCUT2D eigenvalue weighted by molar-refractivity contribution is 6.30. The van der Waals surface area contributed by atoms with Crippen molar-refractivity contribution in [2.45, 2.75) is 71.9 Å². The van der Waals surface area contributed by atoms with Crippen molar-refractivity contribution in [2.75, 3.05) is 5.32 Å². The maximum atomic E-state index is 9.82. The predicted molar refractivity (Wildman–Crippen MR) is 134 cm³/mol. The summed E-state index contributed by atoms with van der Waals surface area (Å²) >= 11 is 6.14. The van der Waals surface area contributed by atoms with Gasteiger partial charge in [-0.3, -0.25) is 4.98 Å². The lowest BCUT2D eigenvalue weighted by Gasteiger charge is -2.30. The molecule has 168 valence electrons. The van der Waals surface area contributed by atoms with Crippen molar-refractivity contribution in [2.24, 2.45) is 0 Å². The fourth-order valence-corrected chi connectivity index (χ4v) is 5.25. The third kappa shape index (κ3) is 4.42. The number of pyridine rings is 1. The van der Waals surface area contributed by atoms with Crippen LogP contribution in [0.4, 0.5) is 5.69 Å². The molecule has 0 amide bonds. The van der Waals surface area contributed by atoms with Crippen molar-refractivity contribution in [3.05, 3.63) is 81.0 Å². The van der Waals surface area contributed by atoms with E-state index in [0.717, 1.165) is 55.5 Å². The van der Waals surface area contributed by atoms with E-state index in [4.69, 9.17) is 16.6 Å². The number of aliphatic hydroxyl groups excluding tert-OH is 1. The Bertz CT molecular complexity index is 1070. The van der Waals surface area contributed by atoms with Crippen LogP contribution in [0.2, 0.25) is 5.02 Å². The van der Waals surface area contributed by atoms with Crippen LogP contribution in [-0.2, 0) is 32.3 Å². The third-order valence-electron chi connectivity index (χ3n) is 6.68. The minimum Gasteiger partial charge on any atom is -0.392 e. The average molecular weight is 449 g/mol. The highest BCUT2D eigenvalue weighted by Gasteiger charge is 2.26. The first-order valence-electron chi connectivity index (χ1n) is 11.9. The second-order valence-corrected chi connectivity index (χ2v) is 9.02. The molecule has 0 saturated heterocycles. The van der Waals surface area contributed by atoms with Gasteiger partial charge in [-0.2, -0.15) is 0 Å². The highest BCUT2D eigenvalue weighted by atomic mass is 35.5. The molecule has 1 heterocycles. The van der Waals surface area contributed by atoms with Crippen LogP contribution in [0.1, 0.15) is 73.2 Å². The largest absolute Gasteiger partial charge is 0.392 e. The first-order chi connectivity index (χ1) is 15.6. The maximum absolute atomic E-state index is 9.82. The minimum atomic E-state index is -0.0338. The summed E-state index contributed by atoms with van der Waals surface area (Å²) in [6, 6.07) is 14.8. The molecule has 1 atom stereocenters. The van der Waals surface area contributed by atoms with Gasteiger partial charge >= 0.3 is 0 Å². The molecular formula is C28H33ClN2O. The van der Waals surface area contributed by atoms with Gasteiger partial charge in [0.25, 0.3) is 0 Å². The summed E-state index contributed by atoms with van der Waals surface area (Å²) in [6.45, 7) is 6.65. The topological polar surface area (TPSA) is 45.2 Å². The lowest BCUT2D eigenvalue weighted by Crippen LogP contribution is -2.21. The fraction of sp³-hybridized carbons (Fsp3) is 0.393. The first kappa shape index (κ1) is 22.8. The standard InChI is InChI=1S/C28H33ClN2O/c1-4-18-9-7-10-19(5-2)27(18)26-16-20(6-3)28-24(11-8-12-25(28)31-26)30-23-14-13-22(29)15-21(23)17-32/h7,9-10,13-16,24,30,32H,4-6,8,11-12,17H2,1-3H3. The van der Waals surface area contributed by atoms with E-state index in [1.165, 1.54) is 33.5 Å². The van der Waals surface area contributed by atoms with Crippen molar-refractivity contribution in [1.29, 1.82) is 0 Å². The van der Waals surface area contributed by atoms with E-state index in [1.807, 2.05) is 18.2 Å². The summed E-state index contributed by atoms with van der Waals surface area (Å²) in [5, 5.41) is 14.2. The maximum Gasteiger partial charge on any atom is 0.0713 e. The highest BCUT2D eigenvalue weighted by Crippen LogP contribution is 2.38. The molecule has 1 unspecified atom stereocenters. The molecule has 0 aliphatic heterocycles. The Balaban J connectivity index is 1.79. The van der Waals surface area contributed by atoms with Crippen LogP contribution in [0.15, 0.2) is 42.5 Å². The van der Waals surface area contributed by atoms with E-state index in [2.05, 4.69) is 50.4 Å². The van der Waals surface area contributed by atoms with Crippen molar-refractivity contribution >= 4 is 17.3 Å². The number of nitrogens with zero attached hydrogens (tertiary/aromatic N) is 1. The molecule has 4 heteroatoms. The predicted octanol–water partition coefficient (Wildman–Crippen LogP) is 7.07. The number of hydrogen-bond acceptors (Lipinski definition) is 3. The molecule has 0 spiro atoms. The number of fused-ring (bicyclic) bond motifs is 1. The van der Waals surface area contributed by atoms with Gasteiger partial charge in [0.2, 0.25) is 0 Å². The monoisotopic (exact) mass is 448 g/mol. The van der Waals surface area contributed by atoms with Gasteiger partial charge in [-0.25, -0.2) is 0 Å². The lowest BCUT2D eigenvalue weighted by molar-refractivity contribution is 0.282. The number of hydrogen-bond donors (Lipinski definition) is 2. The number of benzene rings is 2. The summed E-state index contributed by atoms with van der Waals surface area (Å²) in [5.41, 5.74) is 10.9. The normalized spacial score (nSPS) is 15.5. The third-order valence-corrected chi connectivity index (χ3v) is 6.92. The van der Waals surface area contributed by atoms with Gasteiger partial charge in [0, 0.05) is 27.5 Å². The zero-order valence-corrected chi connectivity index (χ0v) is 20.1. The summed E-state index contributed by atoms with van der Waals surface area (Å²) < 4.78 is 0. The van der Waals surface area contributed by atoms with Crippen molar-refractivity contribution in [3.63, 3.8) is 0 Å². The molecule has 0 radical (unpaired) electrons. The molecule has 0 saturated carbocycles. The first-order valence-corrected chi connectivity index (χ1v) is 12.3. The number of aryl methyl sites for hydroxylation is 4. The number of halogens is 1. The van der Waals surface area contributed by atoms with Gasteiger partial charge in [0.15, 0.2) is 0 Å². The summed E-state index contributed by atoms with van der Waals surface area (Å²) in [6.07, 6.45) is 6.15. The van der Waals surface area contributed by atoms with E-state index < -0.39 is 0 Å². The molecule has 0 bridgehead atoms. The molecule has 3 nitrogen and oxygen atoms in total. The van der Waals surface area contributed by atoms with Crippen molar-refractivity contribution < 1.29 is 5.11 Å². The number of anilines is 1. The fourth-order valence-electron chi connectivity index (χ4n) is 5.06. The van der Waals surface area contributed by atoms with Gasteiger partial charge < -0.3 is 10.4 Å². The van der Waals surface area contributed by atoms with Gasteiger partial charge in [0.1, 0.15) is 0 Å². The van der Waals surface area contributed by atoms with Gasteiger partial charge in [-0.1, -0.05) is 50.6 Å². The van der Waals surface area contributed by atoms with Gasteiger partial charge in [-0.15, -0.1) is 0 Å². The smallest absolute Gasteiger partial charge is 0.0713 e. The van der Waals surface area contributed by atoms with Crippen LogP contribution in [-0.4, -0.2) is 10.1 Å². The van der Waals surface area contributed by atoms with Crippen LogP contribution in [0.5, 0.6) is 0 Å². The summed E-state index contributed by atoms with van der Waals surface area (Å²) in [5.74, 6) is 0. The van der Waals surface area contributed by atoms with E-state index in [9.17, 15) is 5.11 Å².